The second kappa shape index (κ2) is 10.7. The van der Waals surface area contributed by atoms with Crippen LogP contribution in [0.15, 0.2) is 60.7 Å². The van der Waals surface area contributed by atoms with Crippen LogP contribution in [0.2, 0.25) is 5.02 Å². The molecule has 3 N–H and O–H groups in total. The van der Waals surface area contributed by atoms with Crippen LogP contribution in [0, 0.1) is 17.1 Å². The predicted octanol–water partition coefficient (Wildman–Crippen LogP) is 4.04. The quantitative estimate of drug-likeness (QED) is 0.366. The maximum atomic E-state index is 15.4. The molecule has 5 rings (SSSR count). The number of nitrogens with two attached hydrogens (primary N) is 1. The van der Waals surface area contributed by atoms with Crippen LogP contribution in [0.4, 0.5) is 14.5 Å². The first-order valence-electron chi connectivity index (χ1n) is 12.2. The molecule has 0 radical (unpaired) electrons. The molecule has 1 saturated heterocycles. The number of anilines is 1. The number of amides is 3. The van der Waals surface area contributed by atoms with Crippen molar-refractivity contribution in [2.45, 2.75) is 25.2 Å². The lowest BCUT2D eigenvalue weighted by molar-refractivity contribution is -0.137. The van der Waals surface area contributed by atoms with E-state index in [-0.39, 0.29) is 46.4 Å². The van der Waals surface area contributed by atoms with Gasteiger partial charge >= 0.3 is 0 Å². The van der Waals surface area contributed by atoms with Crippen molar-refractivity contribution in [2.75, 3.05) is 11.9 Å². The SMILES string of the molecule is N#Cc1cccc2c(C(N)=O)nn(CC(=O)N3CC(F)CC3C(=O)Nc3cccc(-c4ccccc4Cl)c3F)c12. The fourth-order valence-electron chi connectivity index (χ4n) is 4.88. The van der Waals surface area contributed by atoms with Crippen molar-refractivity contribution < 1.29 is 23.2 Å². The van der Waals surface area contributed by atoms with Gasteiger partial charge in [-0.05, 0) is 18.2 Å². The molecule has 2 heterocycles. The molecule has 4 aromatic rings. The minimum absolute atomic E-state index is 0.132. The molecule has 0 aliphatic carbocycles. The molecule has 3 aromatic carbocycles. The molecule has 1 aliphatic heterocycles. The second-order valence-corrected chi connectivity index (χ2v) is 9.62. The third-order valence-corrected chi connectivity index (χ3v) is 7.03. The summed E-state index contributed by atoms with van der Waals surface area (Å²) in [4.78, 5) is 39.5. The Bertz CT molecular complexity index is 1720. The summed E-state index contributed by atoms with van der Waals surface area (Å²) in [7, 11) is 0. The van der Waals surface area contributed by atoms with Crippen LogP contribution in [0.3, 0.4) is 0 Å². The Kier molecular flexibility index (Phi) is 7.19. The van der Waals surface area contributed by atoms with Gasteiger partial charge in [0.25, 0.3) is 5.91 Å². The minimum atomic E-state index is -1.50. The maximum Gasteiger partial charge on any atom is 0.269 e. The number of halogens is 3. The van der Waals surface area contributed by atoms with Gasteiger partial charge in [-0.3, -0.25) is 19.1 Å². The molecule has 0 saturated carbocycles. The van der Waals surface area contributed by atoms with E-state index in [1.165, 1.54) is 18.2 Å². The van der Waals surface area contributed by atoms with Gasteiger partial charge in [0.1, 0.15) is 24.8 Å². The largest absolute Gasteiger partial charge is 0.364 e. The van der Waals surface area contributed by atoms with E-state index in [4.69, 9.17) is 17.3 Å². The summed E-state index contributed by atoms with van der Waals surface area (Å²) in [5.74, 6) is -3.04. The van der Waals surface area contributed by atoms with Crippen molar-refractivity contribution >= 4 is 45.9 Å². The Labute approximate surface area is 231 Å². The first-order valence-corrected chi connectivity index (χ1v) is 12.5. The first-order chi connectivity index (χ1) is 19.2. The van der Waals surface area contributed by atoms with E-state index in [0.717, 1.165) is 9.58 Å². The Morgan fingerprint density at radius 1 is 1.10 bits per heavy atom. The summed E-state index contributed by atoms with van der Waals surface area (Å²) < 4.78 is 31.1. The van der Waals surface area contributed by atoms with Crippen LogP contribution in [0.5, 0.6) is 0 Å². The topological polar surface area (TPSA) is 134 Å². The highest BCUT2D eigenvalue weighted by Crippen LogP contribution is 2.33. The first kappa shape index (κ1) is 26.8. The van der Waals surface area contributed by atoms with Gasteiger partial charge in [0.15, 0.2) is 11.5 Å². The molecule has 0 bridgehead atoms. The molecule has 202 valence electrons. The molecule has 2 atom stereocenters. The van der Waals surface area contributed by atoms with Crippen molar-refractivity contribution in [2.24, 2.45) is 5.73 Å². The monoisotopic (exact) mass is 562 g/mol. The third kappa shape index (κ3) is 4.85. The summed E-state index contributed by atoms with van der Waals surface area (Å²) in [6, 6.07) is 16.4. The lowest BCUT2D eigenvalue weighted by Crippen LogP contribution is -2.44. The van der Waals surface area contributed by atoms with Crippen molar-refractivity contribution in [3.63, 3.8) is 0 Å². The number of fused-ring (bicyclic) bond motifs is 1. The molecule has 40 heavy (non-hydrogen) atoms. The van der Waals surface area contributed by atoms with Gasteiger partial charge in [-0.25, -0.2) is 8.78 Å². The average Bonchev–Trinajstić information content (AvgIpc) is 3.51. The van der Waals surface area contributed by atoms with Gasteiger partial charge in [-0.2, -0.15) is 10.4 Å². The Hall–Kier alpha value is -4.82. The van der Waals surface area contributed by atoms with E-state index in [2.05, 4.69) is 10.4 Å². The van der Waals surface area contributed by atoms with Crippen LogP contribution < -0.4 is 11.1 Å². The predicted molar refractivity (Wildman–Crippen MR) is 143 cm³/mol. The van der Waals surface area contributed by atoms with Crippen molar-refractivity contribution in [1.82, 2.24) is 14.7 Å². The number of hydrogen-bond acceptors (Lipinski definition) is 5. The van der Waals surface area contributed by atoms with Gasteiger partial charge in [0, 0.05) is 28.0 Å². The Balaban J connectivity index is 1.41. The van der Waals surface area contributed by atoms with Crippen molar-refractivity contribution in [3.05, 3.63) is 82.8 Å². The van der Waals surface area contributed by atoms with E-state index in [1.54, 1.807) is 42.5 Å². The second-order valence-electron chi connectivity index (χ2n) is 9.22. The molecule has 1 fully saturated rings. The molecule has 0 spiro atoms. The minimum Gasteiger partial charge on any atom is -0.364 e. The summed E-state index contributed by atoms with van der Waals surface area (Å²) in [5.41, 5.74) is 6.09. The number of hydrogen-bond donors (Lipinski definition) is 2. The van der Waals surface area contributed by atoms with E-state index in [9.17, 15) is 24.0 Å². The van der Waals surface area contributed by atoms with Crippen molar-refractivity contribution in [1.29, 1.82) is 5.26 Å². The highest BCUT2D eigenvalue weighted by atomic mass is 35.5. The van der Waals surface area contributed by atoms with Crippen molar-refractivity contribution in [3.8, 4) is 17.2 Å². The fraction of sp³-hybridized carbons (Fsp3) is 0.179. The zero-order chi connectivity index (χ0) is 28.6. The normalized spacial score (nSPS) is 16.6. The fourth-order valence-corrected chi connectivity index (χ4v) is 5.12. The van der Waals surface area contributed by atoms with E-state index < -0.39 is 42.3 Å². The molecule has 2 unspecified atom stereocenters. The van der Waals surface area contributed by atoms with Gasteiger partial charge < -0.3 is 16.0 Å². The number of nitriles is 1. The number of para-hydroxylation sites is 1. The highest BCUT2D eigenvalue weighted by molar-refractivity contribution is 6.33. The molecule has 1 aliphatic rings. The van der Waals surface area contributed by atoms with E-state index in [0.29, 0.717) is 10.6 Å². The van der Waals surface area contributed by atoms with Crippen LogP contribution in [-0.2, 0) is 16.1 Å². The van der Waals surface area contributed by atoms with Gasteiger partial charge in [0.2, 0.25) is 11.8 Å². The zero-order valence-corrected chi connectivity index (χ0v) is 21.5. The van der Waals surface area contributed by atoms with Crippen LogP contribution >= 0.6 is 11.6 Å². The van der Waals surface area contributed by atoms with Crippen LogP contribution in [-0.4, -0.2) is 51.2 Å². The number of nitrogens with zero attached hydrogens (tertiary/aromatic N) is 4. The number of nitrogens with one attached hydrogen (secondary N) is 1. The Morgan fingerprint density at radius 3 is 2.55 bits per heavy atom. The van der Waals surface area contributed by atoms with E-state index in [1.807, 2.05) is 6.07 Å². The number of aromatic nitrogens is 2. The van der Waals surface area contributed by atoms with Gasteiger partial charge in [-0.1, -0.05) is 54.1 Å². The van der Waals surface area contributed by atoms with E-state index >= 15 is 4.39 Å². The molecular formula is C28H21ClF2N6O3. The lowest BCUT2D eigenvalue weighted by Gasteiger charge is -2.24. The number of benzene rings is 3. The molecule has 3 amide bonds. The summed E-state index contributed by atoms with van der Waals surface area (Å²) >= 11 is 6.21. The number of alkyl halides is 1. The number of primary amides is 1. The third-order valence-electron chi connectivity index (χ3n) is 6.70. The highest BCUT2D eigenvalue weighted by Gasteiger charge is 2.40. The number of likely N-dealkylation sites (tertiary alicyclic amines) is 1. The average molecular weight is 563 g/mol. The summed E-state index contributed by atoms with van der Waals surface area (Å²) in [6.45, 7) is -0.860. The summed E-state index contributed by atoms with van der Waals surface area (Å²) in [5, 5.41) is 16.7. The zero-order valence-electron chi connectivity index (χ0n) is 20.8. The van der Waals surface area contributed by atoms with Crippen LogP contribution in [0.1, 0.15) is 22.5 Å². The van der Waals surface area contributed by atoms with Gasteiger partial charge in [0.05, 0.1) is 23.3 Å². The molecule has 1 aromatic heterocycles. The Morgan fingerprint density at radius 2 is 1.82 bits per heavy atom. The lowest BCUT2D eigenvalue weighted by atomic mass is 10.0. The molecule has 12 heteroatoms. The number of carbonyl (C=O) groups is 3. The standard InChI is InChI=1S/C28H21ClF2N6O3/c29-20-9-2-1-6-17(20)18-7-4-10-21(24(18)31)34-28(40)22-11-16(30)13-36(22)23(38)14-37-26-15(12-32)5-3-8-19(26)25(35-37)27(33)39/h1-10,16,22H,11,13-14H2,(H2,33,39)(H,34,40). The number of rotatable bonds is 6. The summed E-state index contributed by atoms with van der Waals surface area (Å²) in [6.07, 6.45) is -1.79. The smallest absolute Gasteiger partial charge is 0.269 e. The molecular weight excluding hydrogens is 542 g/mol. The number of carbonyl (C=O) groups excluding carboxylic acids is 3. The molecule has 9 nitrogen and oxygen atoms in total. The van der Waals surface area contributed by atoms with Gasteiger partial charge in [-0.15, -0.1) is 0 Å². The van der Waals surface area contributed by atoms with Crippen LogP contribution in [0.25, 0.3) is 22.0 Å². The maximum absolute atomic E-state index is 15.4.